The van der Waals surface area contributed by atoms with E-state index in [9.17, 15) is 9.18 Å². The number of amides is 1. The number of halogens is 1. The van der Waals surface area contributed by atoms with E-state index in [2.05, 4.69) is 21.5 Å². The Hall–Kier alpha value is -4.73. The normalized spacial score (nSPS) is 15.2. The van der Waals surface area contributed by atoms with Crippen LogP contribution < -0.4 is 15.4 Å². The number of rotatable bonds is 6. The van der Waals surface area contributed by atoms with E-state index in [0.29, 0.717) is 40.9 Å². The molecule has 0 fully saturated rings. The minimum Gasteiger partial charge on any atom is -0.486 e. The van der Waals surface area contributed by atoms with Crippen molar-refractivity contribution in [3.8, 4) is 17.1 Å². The number of nitrogens with zero attached hydrogens (tertiary/aromatic N) is 5. The first kappa shape index (κ1) is 21.8. The third-order valence-electron chi connectivity index (χ3n) is 6.44. The second kappa shape index (κ2) is 8.49. The van der Waals surface area contributed by atoms with E-state index in [4.69, 9.17) is 15.6 Å². The summed E-state index contributed by atoms with van der Waals surface area (Å²) in [5.74, 6) is -0.0589. The SMILES string of the molecule is C=CCOc1cc2cc(-c3nn(C4Cc5ccccc5N(C=O)C4)c4ncnc(N)c34)[nH]c2cc1F. The Morgan fingerprint density at radius 3 is 2.94 bits per heavy atom. The molecule has 5 aromatic rings. The van der Waals surface area contributed by atoms with Crippen LogP contribution in [0.2, 0.25) is 0 Å². The van der Waals surface area contributed by atoms with E-state index in [1.165, 1.54) is 12.4 Å². The highest BCUT2D eigenvalue weighted by atomic mass is 19.1. The van der Waals surface area contributed by atoms with Gasteiger partial charge in [0.05, 0.1) is 17.1 Å². The highest BCUT2D eigenvalue weighted by Gasteiger charge is 2.29. The van der Waals surface area contributed by atoms with Gasteiger partial charge in [0.15, 0.2) is 17.2 Å². The molecule has 0 saturated carbocycles. The van der Waals surface area contributed by atoms with Gasteiger partial charge in [0.2, 0.25) is 6.41 Å². The van der Waals surface area contributed by atoms with E-state index in [1.807, 2.05) is 30.3 Å². The molecule has 1 aliphatic heterocycles. The van der Waals surface area contributed by atoms with Crippen LogP contribution in [0.4, 0.5) is 15.9 Å². The van der Waals surface area contributed by atoms with Crippen molar-refractivity contribution in [2.24, 2.45) is 0 Å². The fraction of sp³-hybridized carbons (Fsp3) is 0.154. The average Bonchev–Trinajstić information content (AvgIpc) is 3.48. The minimum atomic E-state index is -0.481. The number of H-pyrrole nitrogens is 1. The maximum atomic E-state index is 14.5. The highest BCUT2D eigenvalue weighted by molar-refractivity contribution is 6.00. The van der Waals surface area contributed by atoms with Gasteiger partial charge in [0.25, 0.3) is 0 Å². The number of hydrogen-bond donors (Lipinski definition) is 2. The molecule has 4 heterocycles. The maximum absolute atomic E-state index is 14.5. The number of nitrogens with two attached hydrogens (primary N) is 1. The molecule has 1 atom stereocenters. The molecule has 9 nitrogen and oxygen atoms in total. The van der Waals surface area contributed by atoms with Crippen molar-refractivity contribution in [2.45, 2.75) is 12.5 Å². The molecule has 0 radical (unpaired) electrons. The smallest absolute Gasteiger partial charge is 0.214 e. The summed E-state index contributed by atoms with van der Waals surface area (Å²) in [5.41, 5.74) is 10.6. The van der Waals surface area contributed by atoms with E-state index in [1.54, 1.807) is 21.7 Å². The van der Waals surface area contributed by atoms with Gasteiger partial charge in [-0.25, -0.2) is 19.0 Å². The van der Waals surface area contributed by atoms with Crippen LogP contribution in [0, 0.1) is 5.82 Å². The number of hydrogen-bond acceptors (Lipinski definition) is 6. The van der Waals surface area contributed by atoms with Crippen molar-refractivity contribution >= 4 is 39.9 Å². The molecule has 36 heavy (non-hydrogen) atoms. The summed E-state index contributed by atoms with van der Waals surface area (Å²) in [5, 5.41) is 6.24. The molecule has 180 valence electrons. The summed E-state index contributed by atoms with van der Waals surface area (Å²) in [6, 6.07) is 12.5. The third-order valence-corrected chi connectivity index (χ3v) is 6.44. The number of aromatic amines is 1. The van der Waals surface area contributed by atoms with Gasteiger partial charge < -0.3 is 20.4 Å². The van der Waals surface area contributed by atoms with Gasteiger partial charge in [0, 0.05) is 29.2 Å². The molecule has 10 heteroatoms. The van der Waals surface area contributed by atoms with E-state index in [0.717, 1.165) is 23.0 Å². The lowest BCUT2D eigenvalue weighted by Gasteiger charge is -2.32. The number of carbonyl (C=O) groups is 1. The quantitative estimate of drug-likeness (QED) is 0.278. The van der Waals surface area contributed by atoms with Crippen molar-refractivity contribution in [3.63, 3.8) is 0 Å². The first-order valence-corrected chi connectivity index (χ1v) is 11.4. The fourth-order valence-corrected chi connectivity index (χ4v) is 4.83. The molecule has 0 saturated heterocycles. The number of benzene rings is 2. The standard InChI is InChI=1S/C26H22FN7O2/c1-2-7-36-22-10-16-9-20(31-19(16)11-18(22)27)24-23-25(28)29-13-30-26(23)34(32-24)17-8-15-5-3-4-6-21(15)33(12-17)14-35/h2-6,9-11,13-14,17,31H,1,7-8,12H2,(H2,28,29,30). The maximum Gasteiger partial charge on any atom is 0.214 e. The molecule has 1 aliphatic rings. The Kier molecular flexibility index (Phi) is 5.14. The van der Waals surface area contributed by atoms with Crippen LogP contribution in [0.25, 0.3) is 33.3 Å². The molecular weight excluding hydrogens is 461 g/mol. The summed E-state index contributed by atoms with van der Waals surface area (Å²) in [7, 11) is 0. The van der Waals surface area contributed by atoms with Crippen LogP contribution >= 0.6 is 0 Å². The number of nitrogens with one attached hydrogen (secondary N) is 1. The zero-order chi connectivity index (χ0) is 24.8. The third kappa shape index (κ3) is 3.46. The molecule has 0 bridgehead atoms. The Morgan fingerprint density at radius 1 is 1.25 bits per heavy atom. The summed E-state index contributed by atoms with van der Waals surface area (Å²) in [6.07, 6.45) is 4.46. The zero-order valence-electron chi connectivity index (χ0n) is 19.2. The van der Waals surface area contributed by atoms with Crippen molar-refractivity contribution in [2.75, 3.05) is 23.8 Å². The van der Waals surface area contributed by atoms with E-state index < -0.39 is 5.82 Å². The average molecular weight is 484 g/mol. The van der Waals surface area contributed by atoms with Crippen LogP contribution in [-0.2, 0) is 11.2 Å². The Labute approximate surface area is 205 Å². The van der Waals surface area contributed by atoms with Crippen LogP contribution in [0.15, 0.2) is 61.4 Å². The Morgan fingerprint density at radius 2 is 2.11 bits per heavy atom. The van der Waals surface area contributed by atoms with Gasteiger partial charge in [0.1, 0.15) is 24.4 Å². The van der Waals surface area contributed by atoms with Crippen LogP contribution in [0.1, 0.15) is 11.6 Å². The van der Waals surface area contributed by atoms with Gasteiger partial charge in [-0.2, -0.15) is 5.10 Å². The lowest BCUT2D eigenvalue weighted by atomic mass is 9.98. The molecule has 3 N–H and O–H groups in total. The second-order valence-electron chi connectivity index (χ2n) is 8.65. The predicted molar refractivity (Wildman–Crippen MR) is 135 cm³/mol. The molecule has 6 rings (SSSR count). The topological polar surface area (TPSA) is 115 Å². The number of fused-ring (bicyclic) bond motifs is 3. The summed E-state index contributed by atoms with van der Waals surface area (Å²) in [6.45, 7) is 4.23. The molecule has 0 aliphatic carbocycles. The number of nitrogen functional groups attached to an aromatic ring is 1. The van der Waals surface area contributed by atoms with Gasteiger partial charge >= 0.3 is 0 Å². The highest BCUT2D eigenvalue weighted by Crippen LogP contribution is 2.37. The number of aromatic nitrogens is 5. The van der Waals surface area contributed by atoms with E-state index >= 15 is 0 Å². The molecular formula is C26H22FN7O2. The lowest BCUT2D eigenvalue weighted by Crippen LogP contribution is -2.36. The van der Waals surface area contributed by atoms with Crippen LogP contribution in [0.3, 0.4) is 0 Å². The van der Waals surface area contributed by atoms with Crippen molar-refractivity contribution in [1.29, 1.82) is 0 Å². The number of anilines is 2. The van der Waals surface area contributed by atoms with Gasteiger partial charge in [-0.1, -0.05) is 30.9 Å². The van der Waals surface area contributed by atoms with Crippen LogP contribution in [0.5, 0.6) is 5.75 Å². The number of ether oxygens (including phenoxy) is 1. The Balaban J connectivity index is 1.48. The Bertz CT molecular complexity index is 1640. The number of carbonyl (C=O) groups excluding carboxylic acids is 1. The molecule has 1 amide bonds. The first-order valence-electron chi connectivity index (χ1n) is 11.4. The number of para-hydroxylation sites is 1. The monoisotopic (exact) mass is 483 g/mol. The van der Waals surface area contributed by atoms with Gasteiger partial charge in [-0.05, 0) is 30.2 Å². The second-order valence-corrected chi connectivity index (χ2v) is 8.65. The van der Waals surface area contributed by atoms with Crippen LogP contribution in [-0.4, -0.2) is 44.3 Å². The molecule has 3 aromatic heterocycles. The van der Waals surface area contributed by atoms with Crippen molar-refractivity contribution in [3.05, 3.63) is 72.8 Å². The largest absolute Gasteiger partial charge is 0.486 e. The lowest BCUT2D eigenvalue weighted by molar-refractivity contribution is -0.107. The summed E-state index contributed by atoms with van der Waals surface area (Å²) >= 11 is 0. The first-order chi connectivity index (χ1) is 17.6. The summed E-state index contributed by atoms with van der Waals surface area (Å²) < 4.78 is 21.8. The molecule has 0 spiro atoms. The van der Waals surface area contributed by atoms with Crippen molar-refractivity contribution < 1.29 is 13.9 Å². The molecule has 1 unspecified atom stereocenters. The van der Waals surface area contributed by atoms with E-state index in [-0.39, 0.29) is 24.2 Å². The predicted octanol–water partition coefficient (Wildman–Crippen LogP) is 4.02. The zero-order valence-corrected chi connectivity index (χ0v) is 19.2. The van der Waals surface area contributed by atoms with Gasteiger partial charge in [-0.3, -0.25) is 4.79 Å². The van der Waals surface area contributed by atoms with Gasteiger partial charge in [-0.15, -0.1) is 0 Å². The summed E-state index contributed by atoms with van der Waals surface area (Å²) in [4.78, 5) is 25.4. The fourth-order valence-electron chi connectivity index (χ4n) is 4.83. The minimum absolute atomic E-state index is 0.140. The van der Waals surface area contributed by atoms with Crippen molar-refractivity contribution in [1.82, 2.24) is 24.7 Å². The molecule has 2 aromatic carbocycles.